The fraction of sp³-hybridized carbons (Fsp3) is 0.133. The predicted octanol–water partition coefficient (Wildman–Crippen LogP) is 4.27. The van der Waals surface area contributed by atoms with Gasteiger partial charge < -0.3 is 5.73 Å². The molecule has 2 N–H and O–H groups in total. The third kappa shape index (κ3) is 2.19. The SMILES string of the molecule is Cc1cc2c(cc1F)nc(N)n2-c1cc(Br)c(F)cc1C. The van der Waals surface area contributed by atoms with Gasteiger partial charge in [0.15, 0.2) is 0 Å². The zero-order valence-electron chi connectivity index (χ0n) is 11.4. The van der Waals surface area contributed by atoms with E-state index in [1.165, 1.54) is 12.1 Å². The lowest BCUT2D eigenvalue weighted by atomic mass is 10.1. The summed E-state index contributed by atoms with van der Waals surface area (Å²) in [7, 11) is 0. The first-order valence-electron chi connectivity index (χ1n) is 6.28. The number of benzene rings is 2. The minimum Gasteiger partial charge on any atom is -0.369 e. The molecule has 1 aromatic heterocycles. The van der Waals surface area contributed by atoms with Crippen LogP contribution in [0.15, 0.2) is 28.7 Å². The molecule has 3 rings (SSSR count). The van der Waals surface area contributed by atoms with Crippen LogP contribution in [-0.4, -0.2) is 9.55 Å². The van der Waals surface area contributed by atoms with Crippen molar-refractivity contribution in [3.8, 4) is 5.69 Å². The molecule has 3 nitrogen and oxygen atoms in total. The van der Waals surface area contributed by atoms with Crippen molar-refractivity contribution in [2.75, 3.05) is 5.73 Å². The van der Waals surface area contributed by atoms with Gasteiger partial charge in [0.2, 0.25) is 5.95 Å². The van der Waals surface area contributed by atoms with Crippen molar-refractivity contribution in [2.45, 2.75) is 13.8 Å². The van der Waals surface area contributed by atoms with Crippen LogP contribution in [0.2, 0.25) is 0 Å². The third-order valence-corrected chi connectivity index (χ3v) is 4.05. The van der Waals surface area contributed by atoms with E-state index in [0.29, 0.717) is 32.3 Å². The van der Waals surface area contributed by atoms with Crippen LogP contribution in [0.5, 0.6) is 0 Å². The molecular formula is C15H12BrF2N3. The van der Waals surface area contributed by atoms with E-state index in [1.54, 1.807) is 30.5 Å². The average molecular weight is 352 g/mol. The fourth-order valence-electron chi connectivity index (χ4n) is 2.35. The number of imidazole rings is 1. The van der Waals surface area contributed by atoms with E-state index in [-0.39, 0.29) is 17.6 Å². The Morgan fingerprint density at radius 1 is 1.05 bits per heavy atom. The third-order valence-electron chi connectivity index (χ3n) is 3.44. The highest BCUT2D eigenvalue weighted by Gasteiger charge is 2.15. The summed E-state index contributed by atoms with van der Waals surface area (Å²) < 4.78 is 29.3. The van der Waals surface area contributed by atoms with Crippen molar-refractivity contribution in [2.24, 2.45) is 0 Å². The molecule has 108 valence electrons. The summed E-state index contributed by atoms with van der Waals surface area (Å²) in [5.41, 5.74) is 9.04. The Morgan fingerprint density at radius 2 is 1.76 bits per heavy atom. The lowest BCUT2D eigenvalue weighted by molar-refractivity contribution is 0.619. The number of nitrogens with two attached hydrogens (primary N) is 1. The monoisotopic (exact) mass is 351 g/mol. The molecule has 0 radical (unpaired) electrons. The van der Waals surface area contributed by atoms with E-state index in [1.807, 2.05) is 0 Å². The largest absolute Gasteiger partial charge is 0.369 e. The topological polar surface area (TPSA) is 43.8 Å². The fourth-order valence-corrected chi connectivity index (χ4v) is 2.68. The van der Waals surface area contributed by atoms with Gasteiger partial charge in [-0.15, -0.1) is 0 Å². The number of rotatable bonds is 1. The molecule has 0 aliphatic carbocycles. The normalized spacial score (nSPS) is 11.3. The van der Waals surface area contributed by atoms with Crippen LogP contribution in [-0.2, 0) is 0 Å². The zero-order valence-corrected chi connectivity index (χ0v) is 13.0. The van der Waals surface area contributed by atoms with Crippen LogP contribution in [0.25, 0.3) is 16.7 Å². The number of anilines is 1. The van der Waals surface area contributed by atoms with Crippen molar-refractivity contribution in [3.63, 3.8) is 0 Å². The number of nitrogen functional groups attached to an aromatic ring is 1. The molecule has 0 saturated carbocycles. The van der Waals surface area contributed by atoms with Gasteiger partial charge in [-0.3, -0.25) is 4.57 Å². The van der Waals surface area contributed by atoms with Crippen LogP contribution in [0.4, 0.5) is 14.7 Å². The van der Waals surface area contributed by atoms with Crippen LogP contribution in [0.3, 0.4) is 0 Å². The highest BCUT2D eigenvalue weighted by molar-refractivity contribution is 9.10. The summed E-state index contributed by atoms with van der Waals surface area (Å²) in [5.74, 6) is -0.442. The maximum atomic E-state index is 13.6. The molecule has 3 aromatic rings. The highest BCUT2D eigenvalue weighted by Crippen LogP contribution is 2.30. The van der Waals surface area contributed by atoms with Gasteiger partial charge >= 0.3 is 0 Å². The van der Waals surface area contributed by atoms with Gasteiger partial charge in [-0.25, -0.2) is 13.8 Å². The molecule has 1 heterocycles. The van der Waals surface area contributed by atoms with Crippen LogP contribution in [0, 0.1) is 25.5 Å². The Labute approximate surface area is 128 Å². The Morgan fingerprint density at radius 3 is 2.48 bits per heavy atom. The maximum Gasteiger partial charge on any atom is 0.205 e. The summed E-state index contributed by atoms with van der Waals surface area (Å²) in [5, 5.41) is 0. The number of halogens is 3. The second-order valence-corrected chi connectivity index (χ2v) is 5.80. The van der Waals surface area contributed by atoms with Gasteiger partial charge in [0.25, 0.3) is 0 Å². The number of aromatic nitrogens is 2. The molecule has 0 unspecified atom stereocenters. The summed E-state index contributed by atoms with van der Waals surface area (Å²) >= 11 is 3.17. The number of hydrogen-bond acceptors (Lipinski definition) is 2. The van der Waals surface area contributed by atoms with E-state index in [0.717, 1.165) is 0 Å². The highest BCUT2D eigenvalue weighted by atomic mass is 79.9. The summed E-state index contributed by atoms with van der Waals surface area (Å²) in [4.78, 5) is 4.18. The zero-order chi connectivity index (χ0) is 15.3. The first kappa shape index (κ1) is 14.0. The minimum absolute atomic E-state index is 0.233. The summed E-state index contributed by atoms with van der Waals surface area (Å²) in [6, 6.07) is 6.10. The van der Waals surface area contributed by atoms with Gasteiger partial charge in [-0.1, -0.05) is 0 Å². The molecule has 21 heavy (non-hydrogen) atoms. The molecule has 0 aliphatic heterocycles. The molecule has 0 aliphatic rings. The molecular weight excluding hydrogens is 340 g/mol. The Balaban J connectivity index is 2.37. The number of fused-ring (bicyclic) bond motifs is 1. The van der Waals surface area contributed by atoms with E-state index in [2.05, 4.69) is 20.9 Å². The standard InChI is InChI=1S/C15H12BrF2N3/c1-7-4-14-12(6-10(7)17)20-15(19)21(14)13-5-9(16)11(18)3-8(13)2/h3-6H,1-2H3,(H2,19,20). The number of nitrogens with zero attached hydrogens (tertiary/aromatic N) is 2. The second-order valence-electron chi connectivity index (χ2n) is 4.95. The molecule has 0 saturated heterocycles. The first-order chi connectivity index (χ1) is 9.88. The van der Waals surface area contributed by atoms with Crippen LogP contribution >= 0.6 is 15.9 Å². The lowest BCUT2D eigenvalue weighted by Crippen LogP contribution is -2.03. The summed E-state index contributed by atoms with van der Waals surface area (Å²) in [6.07, 6.45) is 0. The molecule has 0 spiro atoms. The predicted molar refractivity (Wildman–Crippen MR) is 82.6 cm³/mol. The Kier molecular flexibility index (Phi) is 3.20. The van der Waals surface area contributed by atoms with Gasteiger partial charge in [0, 0.05) is 6.07 Å². The van der Waals surface area contributed by atoms with Crippen molar-refractivity contribution in [1.29, 1.82) is 0 Å². The van der Waals surface area contributed by atoms with E-state index in [4.69, 9.17) is 5.73 Å². The lowest BCUT2D eigenvalue weighted by Gasteiger charge is -2.11. The maximum absolute atomic E-state index is 13.6. The van der Waals surface area contributed by atoms with E-state index >= 15 is 0 Å². The van der Waals surface area contributed by atoms with Crippen molar-refractivity contribution in [3.05, 3.63) is 51.5 Å². The minimum atomic E-state index is -0.346. The molecule has 6 heteroatoms. The average Bonchev–Trinajstić information content (AvgIpc) is 2.70. The van der Waals surface area contributed by atoms with Crippen molar-refractivity contribution < 1.29 is 8.78 Å². The molecule has 0 atom stereocenters. The van der Waals surface area contributed by atoms with Gasteiger partial charge in [-0.2, -0.15) is 0 Å². The van der Waals surface area contributed by atoms with Gasteiger partial charge in [-0.05, 0) is 59.1 Å². The van der Waals surface area contributed by atoms with Crippen molar-refractivity contribution in [1.82, 2.24) is 9.55 Å². The number of hydrogen-bond donors (Lipinski definition) is 1. The molecule has 0 fully saturated rings. The first-order valence-corrected chi connectivity index (χ1v) is 7.08. The second kappa shape index (κ2) is 4.80. The Hall–Kier alpha value is -1.95. The van der Waals surface area contributed by atoms with Gasteiger partial charge in [0.05, 0.1) is 21.2 Å². The number of aryl methyl sites for hydroxylation is 2. The summed E-state index contributed by atoms with van der Waals surface area (Å²) in [6.45, 7) is 3.46. The van der Waals surface area contributed by atoms with E-state index < -0.39 is 0 Å². The molecule has 2 aromatic carbocycles. The van der Waals surface area contributed by atoms with Crippen LogP contribution < -0.4 is 5.73 Å². The Bertz CT molecular complexity index is 871. The molecule has 0 bridgehead atoms. The van der Waals surface area contributed by atoms with Crippen molar-refractivity contribution >= 4 is 32.9 Å². The molecule has 0 amide bonds. The quantitative estimate of drug-likeness (QED) is 0.711. The van der Waals surface area contributed by atoms with Crippen LogP contribution in [0.1, 0.15) is 11.1 Å². The van der Waals surface area contributed by atoms with Gasteiger partial charge in [0.1, 0.15) is 11.6 Å². The van der Waals surface area contributed by atoms with E-state index in [9.17, 15) is 8.78 Å². The smallest absolute Gasteiger partial charge is 0.205 e.